The van der Waals surface area contributed by atoms with E-state index in [1.165, 1.54) is 11.7 Å². The minimum atomic E-state index is -1.10. The van der Waals surface area contributed by atoms with E-state index in [4.69, 9.17) is 9.84 Å². The Morgan fingerprint density at radius 2 is 2.05 bits per heavy atom. The topological polar surface area (TPSA) is 119 Å². The maximum atomic E-state index is 11.5. The number of nitrogens with one attached hydrogen (secondary N) is 1. The lowest BCUT2D eigenvalue weighted by Gasteiger charge is -2.10. The summed E-state index contributed by atoms with van der Waals surface area (Å²) in [6.07, 6.45) is 0. The molecule has 1 heterocycles. The summed E-state index contributed by atoms with van der Waals surface area (Å²) in [5.74, 6) is -0.642. The first-order valence-corrected chi connectivity index (χ1v) is 6.45. The number of carboxylic acids is 1. The standard InChI is InChI=1S/C13H15N5O4/c1-8(13(20)21)14-11(19)7-22-10-5-3-9(4-6-10)12-15-17-18(2)16-12/h3-6,8H,7H2,1-2H3,(H,14,19)(H,20,21). The number of benzene rings is 1. The van der Waals surface area contributed by atoms with Crippen LogP contribution in [0.3, 0.4) is 0 Å². The highest BCUT2D eigenvalue weighted by atomic mass is 16.5. The monoisotopic (exact) mass is 305 g/mol. The number of aromatic nitrogens is 4. The lowest BCUT2D eigenvalue weighted by molar-refractivity contribution is -0.141. The zero-order valence-corrected chi connectivity index (χ0v) is 12.1. The molecule has 0 aliphatic heterocycles. The van der Waals surface area contributed by atoms with E-state index in [1.54, 1.807) is 31.3 Å². The normalized spacial score (nSPS) is 11.7. The molecule has 1 atom stereocenters. The van der Waals surface area contributed by atoms with Crippen molar-refractivity contribution in [3.05, 3.63) is 24.3 Å². The number of nitrogens with zero attached hydrogens (tertiary/aromatic N) is 4. The molecule has 9 nitrogen and oxygen atoms in total. The first-order chi connectivity index (χ1) is 10.5. The summed E-state index contributed by atoms with van der Waals surface area (Å²) in [7, 11) is 1.67. The summed E-state index contributed by atoms with van der Waals surface area (Å²) in [6, 6.07) is 5.86. The number of hydrogen-bond acceptors (Lipinski definition) is 6. The molecule has 0 bridgehead atoms. The molecule has 0 aliphatic carbocycles. The van der Waals surface area contributed by atoms with Gasteiger partial charge in [0.25, 0.3) is 5.91 Å². The van der Waals surface area contributed by atoms with Crippen LogP contribution in [0.5, 0.6) is 5.75 Å². The first-order valence-electron chi connectivity index (χ1n) is 6.45. The lowest BCUT2D eigenvalue weighted by Crippen LogP contribution is -2.40. The number of tetrazole rings is 1. The van der Waals surface area contributed by atoms with Crippen molar-refractivity contribution in [3.8, 4) is 17.1 Å². The average molecular weight is 305 g/mol. The van der Waals surface area contributed by atoms with E-state index in [0.717, 1.165) is 5.56 Å². The molecule has 2 N–H and O–H groups in total. The smallest absolute Gasteiger partial charge is 0.325 e. The Balaban J connectivity index is 1.89. The highest BCUT2D eigenvalue weighted by molar-refractivity contribution is 5.84. The molecule has 0 fully saturated rings. The quantitative estimate of drug-likeness (QED) is 0.761. The molecule has 0 radical (unpaired) electrons. The van der Waals surface area contributed by atoms with Crippen LogP contribution in [0.15, 0.2) is 24.3 Å². The molecule has 116 valence electrons. The molecule has 0 saturated heterocycles. The molecule has 2 aromatic rings. The fourth-order valence-corrected chi connectivity index (χ4v) is 1.59. The molecule has 0 spiro atoms. The molecule has 9 heteroatoms. The van der Waals surface area contributed by atoms with Crippen LogP contribution in [-0.2, 0) is 16.6 Å². The first kappa shape index (κ1) is 15.4. The number of amides is 1. The fourth-order valence-electron chi connectivity index (χ4n) is 1.59. The number of rotatable bonds is 6. The van der Waals surface area contributed by atoms with Crippen LogP contribution in [0.25, 0.3) is 11.4 Å². The predicted molar refractivity (Wildman–Crippen MR) is 75.0 cm³/mol. The summed E-state index contributed by atoms with van der Waals surface area (Å²) in [5, 5.41) is 22.7. The molecular weight excluding hydrogens is 290 g/mol. The third-order valence-electron chi connectivity index (χ3n) is 2.74. The van der Waals surface area contributed by atoms with Crippen molar-refractivity contribution in [2.45, 2.75) is 13.0 Å². The largest absolute Gasteiger partial charge is 0.484 e. The summed E-state index contributed by atoms with van der Waals surface area (Å²) in [4.78, 5) is 23.5. The maximum absolute atomic E-state index is 11.5. The maximum Gasteiger partial charge on any atom is 0.325 e. The lowest BCUT2D eigenvalue weighted by atomic mass is 10.2. The number of hydrogen-bond donors (Lipinski definition) is 2. The van der Waals surface area contributed by atoms with E-state index < -0.39 is 17.9 Å². The minimum Gasteiger partial charge on any atom is -0.484 e. The summed E-state index contributed by atoms with van der Waals surface area (Å²) < 4.78 is 5.28. The van der Waals surface area contributed by atoms with Gasteiger partial charge in [0.05, 0.1) is 7.05 Å². The zero-order valence-electron chi connectivity index (χ0n) is 12.1. The van der Waals surface area contributed by atoms with E-state index in [1.807, 2.05) is 0 Å². The number of aryl methyl sites for hydroxylation is 1. The van der Waals surface area contributed by atoms with Crippen LogP contribution in [0.4, 0.5) is 0 Å². The Morgan fingerprint density at radius 3 is 2.59 bits per heavy atom. The number of ether oxygens (including phenoxy) is 1. The van der Waals surface area contributed by atoms with Crippen LogP contribution in [0.2, 0.25) is 0 Å². The van der Waals surface area contributed by atoms with Crippen LogP contribution >= 0.6 is 0 Å². The molecule has 0 saturated carbocycles. The van der Waals surface area contributed by atoms with Crippen molar-refractivity contribution in [3.63, 3.8) is 0 Å². The van der Waals surface area contributed by atoms with Crippen LogP contribution < -0.4 is 10.1 Å². The van der Waals surface area contributed by atoms with Crippen molar-refractivity contribution < 1.29 is 19.4 Å². The minimum absolute atomic E-state index is 0.264. The molecule has 22 heavy (non-hydrogen) atoms. The number of carbonyl (C=O) groups is 2. The number of carboxylic acid groups (broad SMARTS) is 1. The average Bonchev–Trinajstić information content (AvgIpc) is 2.92. The number of carbonyl (C=O) groups excluding carboxylic acids is 1. The van der Waals surface area contributed by atoms with Gasteiger partial charge in [-0.25, -0.2) is 0 Å². The molecule has 1 aromatic carbocycles. The Bertz CT molecular complexity index is 667. The SMILES string of the molecule is CC(NC(=O)COc1ccc(-c2nnn(C)n2)cc1)C(=O)O. The van der Waals surface area contributed by atoms with Gasteiger partial charge < -0.3 is 15.2 Å². The Hall–Kier alpha value is -2.97. The third-order valence-corrected chi connectivity index (χ3v) is 2.74. The Morgan fingerprint density at radius 1 is 1.36 bits per heavy atom. The van der Waals surface area contributed by atoms with Crippen molar-refractivity contribution in [1.29, 1.82) is 0 Å². The van der Waals surface area contributed by atoms with Crippen LogP contribution in [0, 0.1) is 0 Å². The van der Waals surface area contributed by atoms with E-state index >= 15 is 0 Å². The fraction of sp³-hybridized carbons (Fsp3) is 0.308. The molecule has 1 aromatic heterocycles. The second kappa shape index (κ2) is 6.66. The van der Waals surface area contributed by atoms with Crippen molar-refractivity contribution in [2.24, 2.45) is 7.05 Å². The van der Waals surface area contributed by atoms with Gasteiger partial charge in [-0.3, -0.25) is 9.59 Å². The van der Waals surface area contributed by atoms with Gasteiger partial charge in [0.15, 0.2) is 6.61 Å². The Kier molecular flexibility index (Phi) is 4.66. The highest BCUT2D eigenvalue weighted by Crippen LogP contribution is 2.18. The van der Waals surface area contributed by atoms with Gasteiger partial charge in [-0.2, -0.15) is 4.80 Å². The van der Waals surface area contributed by atoms with E-state index in [2.05, 4.69) is 20.7 Å². The van der Waals surface area contributed by atoms with Gasteiger partial charge in [-0.05, 0) is 36.4 Å². The van der Waals surface area contributed by atoms with Gasteiger partial charge in [-0.1, -0.05) is 0 Å². The van der Waals surface area contributed by atoms with Gasteiger partial charge in [0.1, 0.15) is 11.8 Å². The van der Waals surface area contributed by atoms with Gasteiger partial charge in [0, 0.05) is 5.56 Å². The molecular formula is C13H15N5O4. The van der Waals surface area contributed by atoms with Crippen LogP contribution in [0.1, 0.15) is 6.92 Å². The summed E-state index contributed by atoms with van der Waals surface area (Å²) in [6.45, 7) is 1.11. The van der Waals surface area contributed by atoms with Gasteiger partial charge >= 0.3 is 5.97 Å². The zero-order chi connectivity index (χ0) is 16.1. The van der Waals surface area contributed by atoms with Gasteiger partial charge in [-0.15, -0.1) is 10.2 Å². The molecule has 1 unspecified atom stereocenters. The second-order valence-corrected chi connectivity index (χ2v) is 4.54. The van der Waals surface area contributed by atoms with E-state index in [-0.39, 0.29) is 6.61 Å². The summed E-state index contributed by atoms with van der Waals surface area (Å²) >= 11 is 0. The van der Waals surface area contributed by atoms with Gasteiger partial charge in [0.2, 0.25) is 5.82 Å². The molecule has 2 rings (SSSR count). The molecule has 0 aliphatic rings. The predicted octanol–water partition coefficient (Wildman–Crippen LogP) is -0.155. The highest BCUT2D eigenvalue weighted by Gasteiger charge is 2.14. The van der Waals surface area contributed by atoms with Crippen molar-refractivity contribution >= 4 is 11.9 Å². The van der Waals surface area contributed by atoms with Crippen molar-refractivity contribution in [2.75, 3.05) is 6.61 Å². The van der Waals surface area contributed by atoms with Crippen molar-refractivity contribution in [1.82, 2.24) is 25.5 Å². The van der Waals surface area contributed by atoms with E-state index in [9.17, 15) is 9.59 Å². The Labute approximate surface area is 125 Å². The van der Waals surface area contributed by atoms with Crippen LogP contribution in [-0.4, -0.2) is 49.8 Å². The second-order valence-electron chi connectivity index (χ2n) is 4.54. The summed E-state index contributed by atoms with van der Waals surface area (Å²) in [5.41, 5.74) is 0.768. The van der Waals surface area contributed by atoms with E-state index in [0.29, 0.717) is 11.6 Å². The third kappa shape index (κ3) is 4.01. The number of aliphatic carboxylic acids is 1. The molecule has 1 amide bonds.